The lowest BCUT2D eigenvalue weighted by Crippen LogP contribution is -2.42. The topological polar surface area (TPSA) is 112 Å². The van der Waals surface area contributed by atoms with E-state index in [0.29, 0.717) is 52.1 Å². The zero-order valence-electron chi connectivity index (χ0n) is 20.3. The van der Waals surface area contributed by atoms with Crippen molar-refractivity contribution in [2.24, 2.45) is 0 Å². The summed E-state index contributed by atoms with van der Waals surface area (Å²) in [6.45, 7) is 3.14. The van der Waals surface area contributed by atoms with E-state index in [2.05, 4.69) is 6.92 Å². The van der Waals surface area contributed by atoms with Crippen LogP contribution in [0.25, 0.3) is 0 Å². The monoisotopic (exact) mass is 544 g/mol. The molecule has 1 rings (SSSR count). The highest BCUT2D eigenvalue weighted by Crippen LogP contribution is 2.45. The molecule has 2 atom stereocenters. The van der Waals surface area contributed by atoms with Crippen LogP contribution in [0, 0.1) is 0 Å². The number of nitrogens with zero attached hydrogens (tertiary/aromatic N) is 1. The lowest BCUT2D eigenvalue weighted by Gasteiger charge is -2.29. The van der Waals surface area contributed by atoms with Crippen LogP contribution in [-0.2, 0) is 18.4 Å². The molecule has 0 spiro atoms. The summed E-state index contributed by atoms with van der Waals surface area (Å²) in [6, 6.07) is 3.22. The van der Waals surface area contributed by atoms with Crippen LogP contribution >= 0.6 is 31.0 Å². The SMILES string of the molecule is CCCCCOc1cc(OCCCCOP(=O)(O)O[C@H](CC(=O)O)C[N+](C)(C)C)c(Cl)cc1Cl. The predicted molar refractivity (Wildman–Crippen MR) is 132 cm³/mol. The minimum atomic E-state index is -4.40. The van der Waals surface area contributed by atoms with Gasteiger partial charge in [-0.2, -0.15) is 0 Å². The first-order chi connectivity index (χ1) is 15.8. The summed E-state index contributed by atoms with van der Waals surface area (Å²) in [5.41, 5.74) is 0. The number of phosphoric ester groups is 1. The Balaban J connectivity index is 2.45. The first kappa shape index (κ1) is 31.0. The molecule has 0 aliphatic rings. The summed E-state index contributed by atoms with van der Waals surface area (Å²) >= 11 is 12.4. The van der Waals surface area contributed by atoms with E-state index in [4.69, 9.17) is 46.8 Å². The van der Waals surface area contributed by atoms with Gasteiger partial charge in [-0.25, -0.2) is 4.57 Å². The van der Waals surface area contributed by atoms with Crippen molar-refractivity contribution in [3.8, 4) is 11.5 Å². The Hall–Kier alpha value is -1.06. The molecule has 1 aromatic rings. The number of ether oxygens (including phenoxy) is 2. The number of quaternary nitrogens is 1. The molecule has 1 unspecified atom stereocenters. The molecule has 0 bridgehead atoms. The van der Waals surface area contributed by atoms with Gasteiger partial charge >= 0.3 is 13.8 Å². The first-order valence-electron chi connectivity index (χ1n) is 11.3. The van der Waals surface area contributed by atoms with E-state index in [1.54, 1.807) is 12.1 Å². The van der Waals surface area contributed by atoms with Crippen LogP contribution < -0.4 is 9.47 Å². The number of phosphoric acid groups is 1. The quantitative estimate of drug-likeness (QED) is 0.143. The number of hydrogen-bond acceptors (Lipinski definition) is 6. The lowest BCUT2D eigenvalue weighted by molar-refractivity contribution is -0.873. The molecule has 2 N–H and O–H groups in total. The van der Waals surface area contributed by atoms with Gasteiger partial charge in [-0.3, -0.25) is 13.8 Å². The smallest absolute Gasteiger partial charge is 0.472 e. The van der Waals surface area contributed by atoms with E-state index in [0.717, 1.165) is 19.3 Å². The summed E-state index contributed by atoms with van der Waals surface area (Å²) in [4.78, 5) is 21.0. The Labute approximate surface area is 212 Å². The molecule has 0 amide bonds. The molecule has 0 aromatic heterocycles. The average molecular weight is 545 g/mol. The number of likely N-dealkylation sites (N-methyl/N-ethyl adjacent to an activating group) is 1. The fraction of sp³-hybridized carbons (Fsp3) is 0.682. The second-order valence-corrected chi connectivity index (χ2v) is 11.1. The maximum Gasteiger partial charge on any atom is 0.472 e. The molecule has 196 valence electrons. The highest BCUT2D eigenvalue weighted by atomic mass is 35.5. The van der Waals surface area contributed by atoms with Crippen LogP contribution in [0.4, 0.5) is 0 Å². The van der Waals surface area contributed by atoms with Gasteiger partial charge in [-0.1, -0.05) is 43.0 Å². The molecule has 9 nitrogen and oxygen atoms in total. The van der Waals surface area contributed by atoms with Crippen LogP contribution in [0.5, 0.6) is 11.5 Å². The highest BCUT2D eigenvalue weighted by molar-refractivity contribution is 7.47. The molecule has 0 saturated carbocycles. The summed E-state index contributed by atoms with van der Waals surface area (Å²) in [6.07, 6.45) is 2.66. The molecule has 0 fully saturated rings. The Morgan fingerprint density at radius 2 is 1.53 bits per heavy atom. The average Bonchev–Trinajstić information content (AvgIpc) is 2.68. The van der Waals surface area contributed by atoms with Crippen molar-refractivity contribution in [3.05, 3.63) is 22.2 Å². The van der Waals surface area contributed by atoms with Crippen molar-refractivity contribution < 1.29 is 42.4 Å². The van der Waals surface area contributed by atoms with Crippen molar-refractivity contribution >= 4 is 37.0 Å². The maximum absolute atomic E-state index is 12.2. The lowest BCUT2D eigenvalue weighted by atomic mass is 10.2. The van der Waals surface area contributed by atoms with Gasteiger partial charge in [-0.15, -0.1) is 0 Å². The predicted octanol–water partition coefficient (Wildman–Crippen LogP) is 5.40. The third kappa shape index (κ3) is 13.7. The molecule has 0 aliphatic heterocycles. The third-order valence-electron chi connectivity index (χ3n) is 4.48. The standard InChI is InChI=1S/C22H36Cl2NO8P/c1-5-6-7-10-30-20-15-21(19(24)14-18(20)23)31-11-8-9-12-32-34(28,29)33-17(13-22(26)27)16-25(2,3)4/h14-15,17H,5-13,16H2,1-4H3,(H-,26,27,28,29)/p+1/t17-/m1/s1. The van der Waals surface area contributed by atoms with E-state index in [-0.39, 0.29) is 13.2 Å². The van der Waals surface area contributed by atoms with Crippen LogP contribution in [-0.4, -0.2) is 74.1 Å². The number of halogens is 2. The highest BCUT2D eigenvalue weighted by Gasteiger charge is 2.31. The van der Waals surface area contributed by atoms with E-state index < -0.39 is 26.3 Å². The number of benzene rings is 1. The third-order valence-corrected chi connectivity index (χ3v) is 6.14. The second kappa shape index (κ2) is 15.1. The van der Waals surface area contributed by atoms with E-state index in [1.165, 1.54) is 0 Å². The normalized spacial score (nSPS) is 14.4. The molecular formula is C22H37Cl2NO8P+. The number of unbranched alkanes of at least 4 members (excludes halogenated alkanes) is 3. The van der Waals surface area contributed by atoms with Gasteiger partial charge in [0.25, 0.3) is 0 Å². The molecule has 0 aliphatic carbocycles. The summed E-state index contributed by atoms with van der Waals surface area (Å²) < 4.78 is 34.1. The van der Waals surface area contributed by atoms with Crippen LogP contribution in [0.1, 0.15) is 45.4 Å². The molecule has 0 saturated heterocycles. The van der Waals surface area contributed by atoms with Crippen LogP contribution in [0.3, 0.4) is 0 Å². The summed E-state index contributed by atoms with van der Waals surface area (Å²) in [5.74, 6) is -0.180. The maximum atomic E-state index is 12.2. The first-order valence-corrected chi connectivity index (χ1v) is 13.5. The molecule has 0 radical (unpaired) electrons. The van der Waals surface area contributed by atoms with Gasteiger partial charge in [0.15, 0.2) is 0 Å². The van der Waals surface area contributed by atoms with Gasteiger partial charge in [0, 0.05) is 6.07 Å². The fourth-order valence-corrected chi connectivity index (χ4v) is 4.42. The number of aliphatic carboxylic acids is 1. The number of carbonyl (C=O) groups is 1. The van der Waals surface area contributed by atoms with Gasteiger partial charge in [0.1, 0.15) is 24.1 Å². The number of carboxylic acids is 1. The van der Waals surface area contributed by atoms with Crippen molar-refractivity contribution in [3.63, 3.8) is 0 Å². The molecular weight excluding hydrogens is 508 g/mol. The zero-order valence-corrected chi connectivity index (χ0v) is 22.7. The molecule has 12 heteroatoms. The molecule has 34 heavy (non-hydrogen) atoms. The van der Waals surface area contributed by atoms with Gasteiger partial charge in [0.2, 0.25) is 0 Å². The van der Waals surface area contributed by atoms with Crippen LogP contribution in [0.2, 0.25) is 10.0 Å². The van der Waals surface area contributed by atoms with Gasteiger partial charge < -0.3 is 24.0 Å². The van der Waals surface area contributed by atoms with Gasteiger partial charge in [0.05, 0.1) is 57.4 Å². The molecule has 1 aromatic carbocycles. The second-order valence-electron chi connectivity index (χ2n) is 8.92. The Morgan fingerprint density at radius 1 is 1.00 bits per heavy atom. The Morgan fingerprint density at radius 3 is 2.03 bits per heavy atom. The Kier molecular flexibility index (Phi) is 13.8. The minimum Gasteiger partial charge on any atom is -0.492 e. The summed E-state index contributed by atoms with van der Waals surface area (Å²) in [7, 11) is 1.09. The van der Waals surface area contributed by atoms with Crippen LogP contribution in [0.15, 0.2) is 12.1 Å². The zero-order chi connectivity index (χ0) is 25.8. The van der Waals surface area contributed by atoms with Crippen molar-refractivity contribution in [2.75, 3.05) is 47.5 Å². The van der Waals surface area contributed by atoms with E-state index in [1.807, 2.05) is 21.1 Å². The minimum absolute atomic E-state index is 0.0541. The number of rotatable bonds is 18. The number of hydrogen-bond donors (Lipinski definition) is 2. The van der Waals surface area contributed by atoms with E-state index >= 15 is 0 Å². The van der Waals surface area contributed by atoms with Crippen molar-refractivity contribution in [1.82, 2.24) is 0 Å². The van der Waals surface area contributed by atoms with E-state index in [9.17, 15) is 14.3 Å². The Bertz CT molecular complexity index is 819. The van der Waals surface area contributed by atoms with Crippen molar-refractivity contribution in [2.45, 2.75) is 51.6 Å². The summed E-state index contributed by atoms with van der Waals surface area (Å²) in [5, 5.41) is 9.79. The van der Waals surface area contributed by atoms with Gasteiger partial charge in [-0.05, 0) is 25.3 Å². The fourth-order valence-electron chi connectivity index (χ4n) is 2.99. The largest absolute Gasteiger partial charge is 0.492 e. The molecule has 0 heterocycles. The van der Waals surface area contributed by atoms with Crippen molar-refractivity contribution in [1.29, 1.82) is 0 Å². The number of carboxylic acid groups (broad SMARTS) is 1.